The summed E-state index contributed by atoms with van der Waals surface area (Å²) in [5.41, 5.74) is 0.261. The van der Waals surface area contributed by atoms with Crippen LogP contribution in [-0.4, -0.2) is 58.2 Å². The van der Waals surface area contributed by atoms with Crippen molar-refractivity contribution in [2.45, 2.75) is 45.4 Å². The Morgan fingerprint density at radius 2 is 1.94 bits per heavy atom. The zero-order valence-corrected chi connectivity index (χ0v) is 19.8. The summed E-state index contributed by atoms with van der Waals surface area (Å²) in [6, 6.07) is 3.51. The van der Waals surface area contributed by atoms with Crippen molar-refractivity contribution in [3.05, 3.63) is 38.4 Å². The smallest absolute Gasteiger partial charge is 0.280 e. The van der Waals surface area contributed by atoms with Crippen molar-refractivity contribution < 1.29 is 19.1 Å². The summed E-state index contributed by atoms with van der Waals surface area (Å²) in [5, 5.41) is 13.2. The maximum atomic E-state index is 13.5. The number of carbonyl (C=O) groups excluding carboxylic acids is 2. The number of likely N-dealkylation sites (tertiary alicyclic amines) is 1. The van der Waals surface area contributed by atoms with E-state index in [1.165, 1.54) is 4.90 Å². The Morgan fingerprint density at radius 3 is 2.55 bits per heavy atom. The van der Waals surface area contributed by atoms with Gasteiger partial charge in [0.1, 0.15) is 11.9 Å². The van der Waals surface area contributed by atoms with Crippen LogP contribution in [0.1, 0.15) is 52.5 Å². The highest BCUT2D eigenvalue weighted by Crippen LogP contribution is 2.40. The molecule has 3 rings (SSSR count). The van der Waals surface area contributed by atoms with Crippen molar-refractivity contribution in [1.29, 1.82) is 0 Å². The van der Waals surface area contributed by atoms with Crippen molar-refractivity contribution in [1.82, 2.24) is 15.2 Å². The van der Waals surface area contributed by atoms with E-state index in [2.05, 4.69) is 10.3 Å². The molecule has 2 heterocycles. The van der Waals surface area contributed by atoms with Crippen LogP contribution in [0.25, 0.3) is 10.4 Å². The predicted octanol–water partition coefficient (Wildman–Crippen LogP) is 4.50. The van der Waals surface area contributed by atoms with Gasteiger partial charge in [-0.3, -0.25) is 9.59 Å². The Hall–Kier alpha value is -1.74. The van der Waals surface area contributed by atoms with E-state index < -0.39 is 17.7 Å². The van der Waals surface area contributed by atoms with Crippen molar-refractivity contribution in [2.24, 2.45) is 0 Å². The average molecular weight is 488 g/mol. The SMILES string of the molecule is Cc1ccc(-c2sc(C(=O)NCC(C)(C)O)nc2C(=O)N2CCC(F)CC2)c(Cl)c1Cl. The van der Waals surface area contributed by atoms with Gasteiger partial charge in [-0.05, 0) is 39.2 Å². The Bertz CT molecular complexity index is 998. The molecule has 1 saturated heterocycles. The van der Waals surface area contributed by atoms with Crippen LogP contribution in [0, 0.1) is 6.92 Å². The summed E-state index contributed by atoms with van der Waals surface area (Å²) >= 11 is 13.8. The molecule has 0 radical (unpaired) electrons. The number of piperidine rings is 1. The van der Waals surface area contributed by atoms with Crippen LogP contribution in [0.4, 0.5) is 4.39 Å². The lowest BCUT2D eigenvalue weighted by atomic mass is 10.1. The quantitative estimate of drug-likeness (QED) is 0.650. The van der Waals surface area contributed by atoms with Gasteiger partial charge in [0.25, 0.3) is 11.8 Å². The molecule has 1 aromatic heterocycles. The molecule has 0 saturated carbocycles. The Labute approximate surface area is 194 Å². The van der Waals surface area contributed by atoms with E-state index in [0.717, 1.165) is 16.9 Å². The molecule has 2 amide bonds. The van der Waals surface area contributed by atoms with Crippen LogP contribution in [0.3, 0.4) is 0 Å². The highest BCUT2D eigenvalue weighted by atomic mass is 35.5. The fourth-order valence-corrected chi connectivity index (χ4v) is 4.67. The number of hydrogen-bond acceptors (Lipinski definition) is 5. The van der Waals surface area contributed by atoms with Gasteiger partial charge in [0.05, 0.1) is 20.5 Å². The number of amides is 2. The summed E-state index contributed by atoms with van der Waals surface area (Å²) in [6.45, 7) is 5.52. The second-order valence-corrected chi connectivity index (χ2v) is 9.97. The lowest BCUT2D eigenvalue weighted by Gasteiger charge is -2.28. The van der Waals surface area contributed by atoms with Gasteiger partial charge in [-0.25, -0.2) is 9.37 Å². The highest BCUT2D eigenvalue weighted by molar-refractivity contribution is 7.17. The molecular weight excluding hydrogens is 464 g/mol. The minimum Gasteiger partial charge on any atom is -0.389 e. The van der Waals surface area contributed by atoms with Gasteiger partial charge in [-0.15, -0.1) is 11.3 Å². The molecule has 0 unspecified atom stereocenters. The molecule has 10 heteroatoms. The zero-order valence-electron chi connectivity index (χ0n) is 17.5. The molecule has 1 aliphatic rings. The second-order valence-electron chi connectivity index (χ2n) is 8.22. The Balaban J connectivity index is 2.01. The first-order valence-corrected chi connectivity index (χ1v) is 11.4. The third-order valence-corrected chi connectivity index (χ3v) is 7.00. The molecule has 1 fully saturated rings. The number of alkyl halides is 1. The van der Waals surface area contributed by atoms with Gasteiger partial charge < -0.3 is 15.3 Å². The van der Waals surface area contributed by atoms with Crippen molar-refractivity contribution >= 4 is 46.4 Å². The first kappa shape index (κ1) is 23.9. The van der Waals surface area contributed by atoms with E-state index in [9.17, 15) is 19.1 Å². The van der Waals surface area contributed by atoms with Gasteiger partial charge in [-0.2, -0.15) is 0 Å². The highest BCUT2D eigenvalue weighted by Gasteiger charge is 2.30. The fourth-order valence-electron chi connectivity index (χ4n) is 3.14. The average Bonchev–Trinajstić information content (AvgIpc) is 3.15. The summed E-state index contributed by atoms with van der Waals surface area (Å²) in [6.07, 6.45) is -0.393. The van der Waals surface area contributed by atoms with E-state index in [4.69, 9.17) is 23.2 Å². The maximum Gasteiger partial charge on any atom is 0.280 e. The number of nitrogens with one attached hydrogen (secondary N) is 1. The number of carbonyl (C=O) groups is 2. The van der Waals surface area contributed by atoms with Crippen LogP contribution in [0.5, 0.6) is 0 Å². The van der Waals surface area contributed by atoms with E-state index in [1.807, 2.05) is 6.92 Å². The molecule has 1 aliphatic heterocycles. The summed E-state index contributed by atoms with van der Waals surface area (Å²) in [4.78, 5) is 32.1. The molecule has 0 aliphatic carbocycles. The molecule has 1 aromatic carbocycles. The molecule has 0 spiro atoms. The lowest BCUT2D eigenvalue weighted by Crippen LogP contribution is -2.39. The summed E-state index contributed by atoms with van der Waals surface area (Å²) < 4.78 is 13.5. The van der Waals surface area contributed by atoms with Crippen molar-refractivity contribution in [3.8, 4) is 10.4 Å². The number of nitrogens with zero attached hydrogens (tertiary/aromatic N) is 2. The molecule has 6 nitrogen and oxygen atoms in total. The molecule has 31 heavy (non-hydrogen) atoms. The van der Waals surface area contributed by atoms with Gasteiger partial charge in [0, 0.05) is 25.2 Å². The first-order valence-electron chi connectivity index (χ1n) is 9.87. The van der Waals surface area contributed by atoms with E-state index in [-0.39, 0.29) is 54.1 Å². The zero-order chi connectivity index (χ0) is 22.9. The topological polar surface area (TPSA) is 82.5 Å². The Kier molecular flexibility index (Phi) is 7.25. The van der Waals surface area contributed by atoms with E-state index in [0.29, 0.717) is 15.5 Å². The van der Waals surface area contributed by atoms with Crippen molar-refractivity contribution in [3.63, 3.8) is 0 Å². The molecule has 0 atom stereocenters. The van der Waals surface area contributed by atoms with Crippen molar-refractivity contribution in [2.75, 3.05) is 19.6 Å². The number of aliphatic hydroxyl groups is 1. The second kappa shape index (κ2) is 9.40. The third-order valence-electron chi connectivity index (χ3n) is 4.94. The van der Waals surface area contributed by atoms with Gasteiger partial charge in [0.15, 0.2) is 5.01 Å². The monoisotopic (exact) mass is 487 g/mol. The number of benzene rings is 1. The fraction of sp³-hybridized carbons (Fsp3) is 0.476. The Morgan fingerprint density at radius 1 is 1.29 bits per heavy atom. The van der Waals surface area contributed by atoms with Gasteiger partial charge in [0.2, 0.25) is 0 Å². The first-order chi connectivity index (χ1) is 14.5. The number of aromatic nitrogens is 1. The van der Waals surface area contributed by atoms with E-state index in [1.54, 1.807) is 26.0 Å². The predicted molar refractivity (Wildman–Crippen MR) is 121 cm³/mol. The lowest BCUT2D eigenvalue weighted by molar-refractivity contribution is 0.0660. The maximum absolute atomic E-state index is 13.5. The van der Waals surface area contributed by atoms with Crippen LogP contribution >= 0.6 is 34.5 Å². The van der Waals surface area contributed by atoms with Gasteiger partial charge in [-0.1, -0.05) is 35.3 Å². The minimum absolute atomic E-state index is 0.0190. The van der Waals surface area contributed by atoms with Gasteiger partial charge >= 0.3 is 0 Å². The number of aryl methyl sites for hydroxylation is 1. The van der Waals surface area contributed by atoms with Crippen LogP contribution in [-0.2, 0) is 0 Å². The largest absolute Gasteiger partial charge is 0.389 e. The third kappa shape index (κ3) is 5.55. The minimum atomic E-state index is -1.10. The summed E-state index contributed by atoms with van der Waals surface area (Å²) in [7, 11) is 0. The normalized spacial score (nSPS) is 15.3. The van der Waals surface area contributed by atoms with Crippen LogP contribution in [0.15, 0.2) is 12.1 Å². The molecule has 2 aromatic rings. The number of halogens is 3. The molecule has 2 N–H and O–H groups in total. The number of thiazole rings is 1. The van der Waals surface area contributed by atoms with E-state index >= 15 is 0 Å². The number of rotatable bonds is 5. The molecular formula is C21H24Cl2FN3O3S. The van der Waals surface area contributed by atoms with Crippen LogP contribution < -0.4 is 5.32 Å². The number of hydrogen-bond donors (Lipinski definition) is 2. The summed E-state index contributed by atoms with van der Waals surface area (Å²) in [5.74, 6) is -0.892. The molecule has 0 bridgehead atoms. The standard InChI is InChI=1S/C21H24Cl2FN3O3S/c1-11-4-5-13(15(23)14(11)22)17-16(20(29)27-8-6-12(24)7-9-27)26-19(31-17)18(28)25-10-21(2,3)30/h4-5,12,30H,6-10H2,1-3H3,(H,25,28). The molecule has 168 valence electrons. The van der Waals surface area contributed by atoms with Crippen LogP contribution in [0.2, 0.25) is 10.0 Å².